The van der Waals surface area contributed by atoms with Crippen molar-refractivity contribution in [2.24, 2.45) is 4.99 Å². The van der Waals surface area contributed by atoms with E-state index in [-0.39, 0.29) is 12.5 Å². The number of carbonyl (C=O) groups is 1. The molecule has 214 valence electrons. The monoisotopic (exact) mass is 560 g/mol. The standard InChI is InChI=1S/C36H36N2O4/c1-2-21-38-25-31-12-7-6-11-30(31)24-36(35(38)40)33(28-15-13-27(14-16-28)26-9-4-3-5-10-26)42-34(37-36)29-17-19-32(20-18-29)41-23-8-22-39/h3-7,9-20,33,39H,2,8,21-25H2,1H3/t33-,36-/m1/s1. The van der Waals surface area contributed by atoms with Crippen LogP contribution in [-0.2, 0) is 22.5 Å². The first-order chi connectivity index (χ1) is 20.6. The molecule has 6 heteroatoms. The second-order valence-electron chi connectivity index (χ2n) is 10.9. The highest BCUT2D eigenvalue weighted by atomic mass is 16.5. The molecule has 0 saturated heterocycles. The van der Waals surface area contributed by atoms with Crippen LogP contribution < -0.4 is 4.74 Å². The molecule has 0 fully saturated rings. The number of hydrogen-bond donors (Lipinski definition) is 1. The SMILES string of the molecule is CCCN1Cc2ccccc2C[C@]2(N=C(c3ccc(OCCCO)cc3)O[C@@H]2c2ccc(-c3ccccc3)cc2)C1=O. The molecule has 0 bridgehead atoms. The van der Waals surface area contributed by atoms with E-state index in [4.69, 9.17) is 19.6 Å². The van der Waals surface area contributed by atoms with E-state index in [1.54, 1.807) is 0 Å². The van der Waals surface area contributed by atoms with E-state index in [1.807, 2.05) is 59.5 Å². The molecular weight excluding hydrogens is 524 g/mol. The van der Waals surface area contributed by atoms with Crippen molar-refractivity contribution in [3.05, 3.63) is 125 Å². The molecule has 0 aliphatic carbocycles. The number of carbonyl (C=O) groups excluding carboxylic acids is 1. The van der Waals surface area contributed by atoms with E-state index in [9.17, 15) is 4.79 Å². The second kappa shape index (κ2) is 12.2. The van der Waals surface area contributed by atoms with Crippen LogP contribution in [0.5, 0.6) is 5.75 Å². The van der Waals surface area contributed by atoms with Gasteiger partial charge >= 0.3 is 0 Å². The van der Waals surface area contributed by atoms with Crippen molar-refractivity contribution in [1.82, 2.24) is 4.90 Å². The summed E-state index contributed by atoms with van der Waals surface area (Å²) >= 11 is 0. The van der Waals surface area contributed by atoms with E-state index >= 15 is 0 Å². The molecule has 4 aromatic rings. The number of hydrogen-bond acceptors (Lipinski definition) is 5. The number of benzene rings is 4. The summed E-state index contributed by atoms with van der Waals surface area (Å²) in [6.07, 6.45) is 1.30. The molecule has 1 spiro atoms. The molecule has 2 atom stereocenters. The van der Waals surface area contributed by atoms with E-state index in [0.717, 1.165) is 39.8 Å². The Balaban J connectivity index is 1.42. The Bertz CT molecular complexity index is 1550. The zero-order valence-corrected chi connectivity index (χ0v) is 23.9. The molecule has 6 nitrogen and oxygen atoms in total. The minimum absolute atomic E-state index is 0.00311. The summed E-state index contributed by atoms with van der Waals surface area (Å²) in [5.41, 5.74) is 5.09. The van der Waals surface area contributed by atoms with Gasteiger partial charge in [0, 0.05) is 38.1 Å². The second-order valence-corrected chi connectivity index (χ2v) is 10.9. The number of ether oxygens (including phenoxy) is 2. The molecule has 4 aromatic carbocycles. The number of rotatable bonds is 9. The van der Waals surface area contributed by atoms with Gasteiger partial charge in [0.05, 0.1) is 6.61 Å². The fraction of sp³-hybridized carbons (Fsp3) is 0.278. The fourth-order valence-corrected chi connectivity index (χ4v) is 5.93. The third-order valence-electron chi connectivity index (χ3n) is 8.05. The van der Waals surface area contributed by atoms with E-state index in [1.165, 1.54) is 0 Å². The Labute approximate surface area is 247 Å². The van der Waals surface area contributed by atoms with E-state index in [2.05, 4.69) is 55.5 Å². The minimum Gasteiger partial charge on any atom is -0.494 e. The predicted molar refractivity (Wildman–Crippen MR) is 164 cm³/mol. The first-order valence-corrected chi connectivity index (χ1v) is 14.7. The predicted octanol–water partition coefficient (Wildman–Crippen LogP) is 6.37. The number of aliphatic hydroxyl groups is 1. The van der Waals surface area contributed by atoms with Gasteiger partial charge in [-0.15, -0.1) is 0 Å². The topological polar surface area (TPSA) is 71.4 Å². The molecule has 0 aromatic heterocycles. The summed E-state index contributed by atoms with van der Waals surface area (Å²) in [5, 5.41) is 9.06. The van der Waals surface area contributed by atoms with Crippen molar-refractivity contribution in [2.45, 2.75) is 44.4 Å². The highest BCUT2D eigenvalue weighted by Crippen LogP contribution is 2.45. The number of amides is 1. The summed E-state index contributed by atoms with van der Waals surface area (Å²) in [5.74, 6) is 1.16. The molecule has 1 N–H and O–H groups in total. The zero-order valence-electron chi connectivity index (χ0n) is 23.9. The maximum absolute atomic E-state index is 14.6. The number of fused-ring (bicyclic) bond motifs is 1. The summed E-state index contributed by atoms with van der Waals surface area (Å²) in [7, 11) is 0. The molecule has 0 unspecified atom stereocenters. The van der Waals surface area contributed by atoms with Crippen LogP contribution in [0.2, 0.25) is 0 Å². The molecular formula is C36H36N2O4. The minimum atomic E-state index is -1.14. The maximum atomic E-state index is 14.6. The average molecular weight is 561 g/mol. The molecule has 0 saturated carbocycles. The Morgan fingerprint density at radius 2 is 1.55 bits per heavy atom. The molecule has 0 radical (unpaired) electrons. The lowest BCUT2D eigenvalue weighted by molar-refractivity contribution is -0.140. The molecule has 2 aliphatic rings. The Kier molecular flexibility index (Phi) is 8.06. The molecule has 1 amide bonds. The quantitative estimate of drug-likeness (QED) is 0.242. The molecule has 2 aliphatic heterocycles. The van der Waals surface area contributed by atoms with E-state index < -0.39 is 11.6 Å². The van der Waals surface area contributed by atoms with Crippen LogP contribution in [0.3, 0.4) is 0 Å². The first kappa shape index (κ1) is 27.7. The number of aliphatic hydroxyl groups excluding tert-OH is 1. The summed E-state index contributed by atoms with van der Waals surface area (Å²) < 4.78 is 12.4. The lowest BCUT2D eigenvalue weighted by Gasteiger charge is -2.33. The van der Waals surface area contributed by atoms with Gasteiger partial charge < -0.3 is 19.5 Å². The number of nitrogens with zero attached hydrogens (tertiary/aromatic N) is 2. The van der Waals surface area contributed by atoms with Crippen LogP contribution in [0.1, 0.15) is 48.1 Å². The summed E-state index contributed by atoms with van der Waals surface area (Å²) in [4.78, 5) is 21.7. The smallest absolute Gasteiger partial charge is 0.255 e. The molecule has 2 heterocycles. The maximum Gasteiger partial charge on any atom is 0.255 e. The van der Waals surface area contributed by atoms with Gasteiger partial charge in [0.15, 0.2) is 11.6 Å². The van der Waals surface area contributed by atoms with Crippen LogP contribution in [-0.4, -0.2) is 47.1 Å². The first-order valence-electron chi connectivity index (χ1n) is 14.7. The van der Waals surface area contributed by atoms with Gasteiger partial charge in [-0.2, -0.15) is 0 Å². The summed E-state index contributed by atoms with van der Waals surface area (Å²) in [6, 6.07) is 34.5. The van der Waals surface area contributed by atoms with Crippen molar-refractivity contribution >= 4 is 11.8 Å². The molecule has 6 rings (SSSR count). The zero-order chi connectivity index (χ0) is 28.9. The van der Waals surface area contributed by atoms with Gasteiger partial charge in [-0.1, -0.05) is 85.8 Å². The average Bonchev–Trinajstić information content (AvgIpc) is 3.37. The van der Waals surface area contributed by atoms with Crippen LogP contribution in [0.25, 0.3) is 11.1 Å². The van der Waals surface area contributed by atoms with Crippen LogP contribution in [0, 0.1) is 0 Å². The van der Waals surface area contributed by atoms with Crippen molar-refractivity contribution in [3.63, 3.8) is 0 Å². The van der Waals surface area contributed by atoms with Crippen molar-refractivity contribution in [2.75, 3.05) is 19.8 Å². The Morgan fingerprint density at radius 3 is 2.26 bits per heavy atom. The van der Waals surface area contributed by atoms with Crippen LogP contribution in [0.15, 0.2) is 108 Å². The third kappa shape index (κ3) is 5.42. The van der Waals surface area contributed by atoms with Crippen molar-refractivity contribution < 1.29 is 19.4 Å². The Morgan fingerprint density at radius 1 is 0.881 bits per heavy atom. The normalized spacial score (nSPS) is 19.7. The lowest BCUT2D eigenvalue weighted by Crippen LogP contribution is -2.50. The Hall–Kier alpha value is -4.42. The van der Waals surface area contributed by atoms with Crippen molar-refractivity contribution in [1.29, 1.82) is 0 Å². The fourth-order valence-electron chi connectivity index (χ4n) is 5.93. The van der Waals surface area contributed by atoms with Gasteiger partial charge in [-0.3, -0.25) is 4.79 Å². The van der Waals surface area contributed by atoms with Gasteiger partial charge in [0.1, 0.15) is 5.75 Å². The summed E-state index contributed by atoms with van der Waals surface area (Å²) in [6.45, 7) is 3.85. The highest BCUT2D eigenvalue weighted by Gasteiger charge is 2.55. The number of aliphatic imine (C=N–C) groups is 1. The van der Waals surface area contributed by atoms with Gasteiger partial charge in [0.2, 0.25) is 5.90 Å². The van der Waals surface area contributed by atoms with Crippen LogP contribution >= 0.6 is 0 Å². The van der Waals surface area contributed by atoms with Gasteiger partial charge in [-0.25, -0.2) is 4.99 Å². The van der Waals surface area contributed by atoms with E-state index in [0.29, 0.717) is 44.2 Å². The van der Waals surface area contributed by atoms with Crippen molar-refractivity contribution in [3.8, 4) is 16.9 Å². The largest absolute Gasteiger partial charge is 0.494 e. The lowest BCUT2D eigenvalue weighted by atomic mass is 9.81. The van der Waals surface area contributed by atoms with Gasteiger partial charge in [-0.05, 0) is 58.5 Å². The molecule has 42 heavy (non-hydrogen) atoms. The van der Waals surface area contributed by atoms with Gasteiger partial charge in [0.25, 0.3) is 5.91 Å². The highest BCUT2D eigenvalue weighted by molar-refractivity contribution is 6.01. The van der Waals surface area contributed by atoms with Crippen LogP contribution in [0.4, 0.5) is 0 Å². The third-order valence-corrected chi connectivity index (χ3v) is 8.05.